The number of halogens is 2. The Morgan fingerprint density at radius 2 is 1.76 bits per heavy atom. The standard InChI is InChI=1S/C19H19F2N3S/c1-13(2)18-19(25-17-10-15(20)9-16(21)11-17)24(12-23-18)8-5-14-3-6-22-7-4-14/h3-4,6-7,9-13H,5,8H2,1-2H3. The number of rotatable bonds is 6. The van der Waals surface area contributed by atoms with E-state index in [0.29, 0.717) is 4.90 Å². The number of aryl methyl sites for hydroxylation is 2. The van der Waals surface area contributed by atoms with E-state index in [9.17, 15) is 8.78 Å². The summed E-state index contributed by atoms with van der Waals surface area (Å²) in [5.74, 6) is -0.920. The Morgan fingerprint density at radius 1 is 1.08 bits per heavy atom. The quantitative estimate of drug-likeness (QED) is 0.615. The van der Waals surface area contributed by atoms with Gasteiger partial charge in [0.2, 0.25) is 0 Å². The third-order valence-electron chi connectivity index (χ3n) is 3.80. The summed E-state index contributed by atoms with van der Waals surface area (Å²) < 4.78 is 29.1. The van der Waals surface area contributed by atoms with Crippen molar-refractivity contribution < 1.29 is 8.78 Å². The summed E-state index contributed by atoms with van der Waals surface area (Å²) in [6.45, 7) is 4.86. The van der Waals surface area contributed by atoms with Gasteiger partial charge in [0.25, 0.3) is 0 Å². The topological polar surface area (TPSA) is 30.7 Å². The number of benzene rings is 1. The van der Waals surface area contributed by atoms with E-state index in [1.54, 1.807) is 18.7 Å². The maximum atomic E-state index is 13.5. The normalized spacial score (nSPS) is 11.2. The summed E-state index contributed by atoms with van der Waals surface area (Å²) in [6, 6.07) is 7.54. The summed E-state index contributed by atoms with van der Waals surface area (Å²) in [5, 5.41) is 0.925. The van der Waals surface area contributed by atoms with Gasteiger partial charge in [-0.2, -0.15) is 0 Å². The fourth-order valence-electron chi connectivity index (χ4n) is 2.55. The average Bonchev–Trinajstić information content (AvgIpc) is 2.96. The van der Waals surface area contributed by atoms with Gasteiger partial charge in [-0.05, 0) is 42.2 Å². The molecule has 2 heterocycles. The minimum Gasteiger partial charge on any atom is -0.325 e. The van der Waals surface area contributed by atoms with Crippen molar-refractivity contribution in [3.05, 3.63) is 71.9 Å². The maximum absolute atomic E-state index is 13.5. The second kappa shape index (κ2) is 7.78. The lowest BCUT2D eigenvalue weighted by atomic mass is 10.1. The fraction of sp³-hybridized carbons (Fsp3) is 0.263. The summed E-state index contributed by atoms with van der Waals surface area (Å²) in [7, 11) is 0. The zero-order chi connectivity index (χ0) is 17.8. The van der Waals surface area contributed by atoms with E-state index in [1.165, 1.54) is 29.5 Å². The van der Waals surface area contributed by atoms with Gasteiger partial charge in [-0.25, -0.2) is 13.8 Å². The van der Waals surface area contributed by atoms with Crippen molar-refractivity contribution in [3.63, 3.8) is 0 Å². The first-order chi connectivity index (χ1) is 12.0. The predicted octanol–water partition coefficient (Wildman–Crippen LogP) is 5.07. The van der Waals surface area contributed by atoms with Crippen molar-refractivity contribution in [1.29, 1.82) is 0 Å². The lowest BCUT2D eigenvalue weighted by Crippen LogP contribution is -2.03. The second-order valence-electron chi connectivity index (χ2n) is 6.10. The van der Waals surface area contributed by atoms with Crippen LogP contribution in [0.3, 0.4) is 0 Å². The highest BCUT2D eigenvalue weighted by Gasteiger charge is 2.16. The summed E-state index contributed by atoms with van der Waals surface area (Å²) in [6.07, 6.45) is 6.18. The molecule has 0 spiro atoms. The van der Waals surface area contributed by atoms with Gasteiger partial charge in [-0.15, -0.1) is 0 Å². The molecule has 0 amide bonds. The lowest BCUT2D eigenvalue weighted by Gasteiger charge is -2.12. The van der Waals surface area contributed by atoms with Crippen molar-refractivity contribution in [2.24, 2.45) is 0 Å². The molecule has 0 atom stereocenters. The highest BCUT2D eigenvalue weighted by Crippen LogP contribution is 2.34. The molecule has 130 valence electrons. The van der Waals surface area contributed by atoms with Crippen LogP contribution in [0.4, 0.5) is 8.78 Å². The zero-order valence-corrected chi connectivity index (χ0v) is 14.9. The Hall–Kier alpha value is -2.21. The van der Waals surface area contributed by atoms with Crippen LogP contribution in [0.2, 0.25) is 0 Å². The number of pyridine rings is 1. The van der Waals surface area contributed by atoms with Crippen molar-refractivity contribution in [3.8, 4) is 0 Å². The van der Waals surface area contributed by atoms with E-state index in [4.69, 9.17) is 0 Å². The molecule has 0 aliphatic heterocycles. The minimum atomic E-state index is -0.573. The Kier molecular flexibility index (Phi) is 5.48. The summed E-state index contributed by atoms with van der Waals surface area (Å²) in [4.78, 5) is 9.07. The predicted molar refractivity (Wildman–Crippen MR) is 94.7 cm³/mol. The summed E-state index contributed by atoms with van der Waals surface area (Å²) in [5.41, 5.74) is 2.12. The van der Waals surface area contributed by atoms with E-state index in [0.717, 1.165) is 29.8 Å². The van der Waals surface area contributed by atoms with Crippen LogP contribution in [0.15, 0.2) is 59.0 Å². The maximum Gasteiger partial charge on any atom is 0.127 e. The highest BCUT2D eigenvalue weighted by atomic mass is 32.2. The molecule has 0 saturated heterocycles. The van der Waals surface area contributed by atoms with Gasteiger partial charge in [0, 0.05) is 29.9 Å². The first kappa shape index (κ1) is 17.6. The molecule has 0 N–H and O–H groups in total. The third kappa shape index (κ3) is 4.45. The fourth-order valence-corrected chi connectivity index (χ4v) is 3.77. The molecule has 1 aromatic carbocycles. The van der Waals surface area contributed by atoms with Crippen molar-refractivity contribution in [2.45, 2.75) is 42.7 Å². The number of hydrogen-bond acceptors (Lipinski definition) is 3. The molecule has 2 aromatic heterocycles. The Morgan fingerprint density at radius 3 is 2.40 bits per heavy atom. The average molecular weight is 359 g/mol. The monoisotopic (exact) mass is 359 g/mol. The largest absolute Gasteiger partial charge is 0.325 e. The molecular weight excluding hydrogens is 340 g/mol. The van der Waals surface area contributed by atoms with Gasteiger partial charge in [0.1, 0.15) is 16.7 Å². The van der Waals surface area contributed by atoms with Gasteiger partial charge in [-0.3, -0.25) is 4.98 Å². The molecule has 6 heteroatoms. The van der Waals surface area contributed by atoms with Gasteiger partial charge < -0.3 is 4.57 Å². The summed E-state index contributed by atoms with van der Waals surface area (Å²) >= 11 is 1.35. The van der Waals surface area contributed by atoms with Crippen LogP contribution in [0.1, 0.15) is 31.0 Å². The Labute approximate surface area is 150 Å². The van der Waals surface area contributed by atoms with Crippen LogP contribution in [-0.4, -0.2) is 14.5 Å². The van der Waals surface area contributed by atoms with Crippen molar-refractivity contribution >= 4 is 11.8 Å². The van der Waals surface area contributed by atoms with Crippen molar-refractivity contribution in [2.75, 3.05) is 0 Å². The Balaban J connectivity index is 1.86. The van der Waals surface area contributed by atoms with Gasteiger partial charge in [0.05, 0.1) is 12.0 Å². The molecule has 3 rings (SSSR count). The molecule has 3 aromatic rings. The first-order valence-corrected chi connectivity index (χ1v) is 8.92. The first-order valence-electron chi connectivity index (χ1n) is 8.11. The zero-order valence-electron chi connectivity index (χ0n) is 14.1. The van der Waals surface area contributed by atoms with Crippen molar-refractivity contribution in [1.82, 2.24) is 14.5 Å². The third-order valence-corrected chi connectivity index (χ3v) is 4.91. The molecule has 0 unspecified atom stereocenters. The van der Waals surface area contributed by atoms with Crippen LogP contribution >= 0.6 is 11.8 Å². The molecular formula is C19H19F2N3S. The van der Waals surface area contributed by atoms with Crippen LogP contribution in [0.25, 0.3) is 0 Å². The molecule has 0 fully saturated rings. The molecule has 0 radical (unpaired) electrons. The van der Waals surface area contributed by atoms with Crippen LogP contribution in [0, 0.1) is 11.6 Å². The molecule has 0 bridgehead atoms. The van der Waals surface area contributed by atoms with Gasteiger partial charge in [-0.1, -0.05) is 25.6 Å². The molecule has 3 nitrogen and oxygen atoms in total. The number of nitrogens with zero attached hydrogens (tertiary/aromatic N) is 3. The van der Waals surface area contributed by atoms with Crippen LogP contribution in [-0.2, 0) is 13.0 Å². The van der Waals surface area contributed by atoms with Crippen LogP contribution < -0.4 is 0 Å². The van der Waals surface area contributed by atoms with Gasteiger partial charge in [0.15, 0.2) is 0 Å². The molecule has 0 aliphatic rings. The Bertz CT molecular complexity index is 827. The number of hydrogen-bond donors (Lipinski definition) is 0. The highest BCUT2D eigenvalue weighted by molar-refractivity contribution is 7.99. The molecule has 0 aliphatic carbocycles. The van der Waals surface area contributed by atoms with E-state index < -0.39 is 11.6 Å². The molecule has 25 heavy (non-hydrogen) atoms. The minimum absolute atomic E-state index is 0.225. The SMILES string of the molecule is CC(C)c1ncn(CCc2ccncc2)c1Sc1cc(F)cc(F)c1. The van der Waals surface area contributed by atoms with E-state index >= 15 is 0 Å². The number of imidazole rings is 1. The van der Waals surface area contributed by atoms with E-state index in [-0.39, 0.29) is 5.92 Å². The number of aromatic nitrogens is 3. The van der Waals surface area contributed by atoms with E-state index in [2.05, 4.69) is 23.8 Å². The smallest absolute Gasteiger partial charge is 0.127 e. The second-order valence-corrected chi connectivity index (χ2v) is 7.16. The van der Waals surface area contributed by atoms with Crippen LogP contribution in [0.5, 0.6) is 0 Å². The lowest BCUT2D eigenvalue weighted by molar-refractivity contribution is 0.577. The van der Waals surface area contributed by atoms with Gasteiger partial charge >= 0.3 is 0 Å². The molecule has 0 saturated carbocycles. The van der Waals surface area contributed by atoms with E-state index in [1.807, 2.05) is 16.7 Å².